The Kier molecular flexibility index (Phi) is 10.5. The maximum absolute atomic E-state index is 13.4. The normalized spacial score (nSPS) is 20.2. The molecule has 5 aromatic rings. The van der Waals surface area contributed by atoms with Crippen molar-refractivity contribution in [2.45, 2.75) is 55.8 Å². The number of nitrogens with one attached hydrogen (secondary N) is 1. The van der Waals surface area contributed by atoms with Gasteiger partial charge in [0.2, 0.25) is 11.1 Å². The quantitative estimate of drug-likeness (QED) is 0.126. The van der Waals surface area contributed by atoms with Crippen molar-refractivity contribution in [3.63, 3.8) is 0 Å². The number of aromatic hydroxyl groups is 1. The van der Waals surface area contributed by atoms with E-state index in [1.54, 1.807) is 53.2 Å². The lowest BCUT2D eigenvalue weighted by molar-refractivity contribution is -0.245. The number of carbonyl (C=O) groups excluding carboxylic acids is 3. The number of anilines is 1. The molecule has 266 valence electrons. The largest absolute Gasteiger partial charge is 0.508 e. The number of hydrogen-bond acceptors (Lipinski definition) is 12. The van der Waals surface area contributed by atoms with Gasteiger partial charge in [-0.25, -0.2) is 9.69 Å². The zero-order chi connectivity index (χ0) is 36.0. The minimum absolute atomic E-state index is 0.0240. The molecule has 14 nitrogen and oxygen atoms in total. The number of nitrogens with zero attached hydrogens (tertiary/aromatic N) is 5. The zero-order valence-electron chi connectivity index (χ0n) is 27.6. The molecule has 1 aromatic heterocycles. The van der Waals surface area contributed by atoms with Crippen LogP contribution in [0.2, 0.25) is 0 Å². The van der Waals surface area contributed by atoms with Crippen molar-refractivity contribution < 1.29 is 38.8 Å². The van der Waals surface area contributed by atoms with Crippen LogP contribution in [0.4, 0.5) is 10.5 Å². The van der Waals surface area contributed by atoms with Crippen molar-refractivity contribution in [2.75, 3.05) is 10.7 Å². The summed E-state index contributed by atoms with van der Waals surface area (Å²) in [4.78, 5) is 40.1. The third kappa shape index (κ3) is 7.97. The third-order valence-corrected chi connectivity index (χ3v) is 9.65. The maximum atomic E-state index is 13.4. The highest BCUT2D eigenvalue weighted by Gasteiger charge is 2.41. The molecule has 0 saturated carbocycles. The molecule has 0 radical (unpaired) electrons. The van der Waals surface area contributed by atoms with E-state index in [4.69, 9.17) is 14.2 Å². The van der Waals surface area contributed by atoms with Gasteiger partial charge in [-0.1, -0.05) is 78.5 Å². The van der Waals surface area contributed by atoms with E-state index in [2.05, 4.69) is 20.8 Å². The molecule has 1 unspecified atom stereocenters. The van der Waals surface area contributed by atoms with Crippen LogP contribution in [0.5, 0.6) is 5.75 Å². The number of hydrogen-bond donors (Lipinski definition) is 3. The molecule has 3 heterocycles. The highest BCUT2D eigenvalue weighted by Crippen LogP contribution is 2.40. The summed E-state index contributed by atoms with van der Waals surface area (Å²) in [5.41, 5.74) is 4.03. The SMILES string of the molecule is O=C(NC1CC(=O)N(c2cccc([C@H]3O[C@@H](CSc4nnnn4-c4ccc(O)cc4)C[C@@H](c4ccc(CO)cc4)O3)c2)C1=O)OCc1ccccc1. The number of aliphatic hydroxyl groups is 1. The molecular weight excluding hydrogens is 689 g/mol. The fourth-order valence-corrected chi connectivity index (χ4v) is 6.86. The first-order valence-electron chi connectivity index (χ1n) is 16.5. The minimum Gasteiger partial charge on any atom is -0.508 e. The molecule has 3 N–H and O–H groups in total. The van der Waals surface area contributed by atoms with Crippen molar-refractivity contribution >= 4 is 35.4 Å². The van der Waals surface area contributed by atoms with Gasteiger partial charge in [-0.15, -0.1) is 5.10 Å². The molecule has 0 bridgehead atoms. The smallest absolute Gasteiger partial charge is 0.408 e. The van der Waals surface area contributed by atoms with E-state index >= 15 is 0 Å². The molecule has 7 rings (SSSR count). The molecule has 0 aliphatic carbocycles. The Hall–Kier alpha value is -5.61. The minimum atomic E-state index is -1.08. The number of aliphatic hydroxyl groups excluding tert-OH is 1. The van der Waals surface area contributed by atoms with Gasteiger partial charge in [-0.2, -0.15) is 4.68 Å². The summed E-state index contributed by atoms with van der Waals surface area (Å²) in [6.07, 6.45) is -2.11. The molecule has 15 heteroatoms. The van der Waals surface area contributed by atoms with Crippen LogP contribution in [0.25, 0.3) is 5.69 Å². The van der Waals surface area contributed by atoms with E-state index in [1.165, 1.54) is 11.8 Å². The van der Waals surface area contributed by atoms with Crippen LogP contribution in [-0.4, -0.2) is 66.2 Å². The van der Waals surface area contributed by atoms with Gasteiger partial charge in [0.25, 0.3) is 5.91 Å². The number of aromatic nitrogens is 4. The Morgan fingerprint density at radius 2 is 1.69 bits per heavy atom. The van der Waals surface area contributed by atoms with Gasteiger partial charge in [-0.3, -0.25) is 9.59 Å². The first-order valence-corrected chi connectivity index (χ1v) is 17.5. The highest BCUT2D eigenvalue weighted by atomic mass is 32.2. The summed E-state index contributed by atoms with van der Waals surface area (Å²) in [6, 6.07) is 28.9. The van der Waals surface area contributed by atoms with E-state index in [0.29, 0.717) is 34.3 Å². The number of ether oxygens (including phenoxy) is 3. The highest BCUT2D eigenvalue weighted by molar-refractivity contribution is 7.99. The van der Waals surface area contributed by atoms with Gasteiger partial charge in [0, 0.05) is 17.7 Å². The summed E-state index contributed by atoms with van der Waals surface area (Å²) in [7, 11) is 0. The second kappa shape index (κ2) is 15.7. The topological polar surface area (TPSA) is 178 Å². The Labute approximate surface area is 302 Å². The van der Waals surface area contributed by atoms with Crippen molar-refractivity contribution in [3.05, 3.63) is 125 Å². The van der Waals surface area contributed by atoms with Crippen molar-refractivity contribution in [3.8, 4) is 11.4 Å². The first kappa shape index (κ1) is 34.8. The lowest BCUT2D eigenvalue weighted by Crippen LogP contribution is -2.42. The van der Waals surface area contributed by atoms with Gasteiger partial charge in [0.05, 0.1) is 36.6 Å². The standard InChI is InChI=1S/C37H34N6O8S/c44-20-23-9-11-25(12-10-23)32-18-30(22-52-36-39-40-41-43(36)27-13-15-29(45)16-14-27)50-35(51-32)26-7-4-8-28(17-26)42-33(46)19-31(34(42)47)38-37(48)49-21-24-5-2-1-3-6-24/h1-17,30-32,35,44-45H,18-22H2,(H,38,48)/t30-,31?,32+,35+/m1/s1. The van der Waals surface area contributed by atoms with Crippen molar-refractivity contribution in [2.24, 2.45) is 0 Å². The summed E-state index contributed by atoms with van der Waals surface area (Å²) in [5.74, 6) is -0.459. The maximum Gasteiger partial charge on any atom is 0.408 e. The first-order chi connectivity index (χ1) is 25.3. The number of rotatable bonds is 11. The number of amides is 3. The van der Waals surface area contributed by atoms with Gasteiger partial charge in [0.1, 0.15) is 18.4 Å². The van der Waals surface area contributed by atoms with E-state index in [9.17, 15) is 24.6 Å². The molecule has 3 amide bonds. The number of phenolic OH excluding ortho intramolecular Hbond substituents is 1. The predicted molar refractivity (Wildman–Crippen MR) is 187 cm³/mol. The van der Waals surface area contributed by atoms with E-state index < -0.39 is 30.2 Å². The van der Waals surface area contributed by atoms with Crippen LogP contribution in [0.1, 0.15) is 47.5 Å². The van der Waals surface area contributed by atoms with Gasteiger partial charge < -0.3 is 29.7 Å². The third-order valence-electron chi connectivity index (χ3n) is 8.60. The average molecular weight is 723 g/mol. The van der Waals surface area contributed by atoms with Crippen LogP contribution in [0, 0.1) is 0 Å². The van der Waals surface area contributed by atoms with E-state index in [0.717, 1.165) is 21.6 Å². The number of tetrazole rings is 1. The summed E-state index contributed by atoms with van der Waals surface area (Å²) in [5, 5.41) is 34.4. The summed E-state index contributed by atoms with van der Waals surface area (Å²) >= 11 is 1.40. The van der Waals surface area contributed by atoms with Gasteiger partial charge >= 0.3 is 6.09 Å². The number of phenols is 1. The zero-order valence-corrected chi connectivity index (χ0v) is 28.5. The van der Waals surface area contributed by atoms with Crippen LogP contribution in [0.3, 0.4) is 0 Å². The fourth-order valence-electron chi connectivity index (χ4n) is 5.95. The number of alkyl carbamates (subject to hydrolysis) is 1. The Morgan fingerprint density at radius 1 is 0.904 bits per heavy atom. The second-order valence-electron chi connectivity index (χ2n) is 12.2. The molecule has 52 heavy (non-hydrogen) atoms. The lowest BCUT2D eigenvalue weighted by Gasteiger charge is -2.36. The van der Waals surface area contributed by atoms with Gasteiger partial charge in [-0.05, 0) is 63.5 Å². The average Bonchev–Trinajstić information content (AvgIpc) is 3.76. The van der Waals surface area contributed by atoms with E-state index in [-0.39, 0.29) is 37.6 Å². The Balaban J connectivity index is 1.07. The Morgan fingerprint density at radius 3 is 2.46 bits per heavy atom. The molecule has 4 aromatic carbocycles. The molecule has 0 spiro atoms. The monoisotopic (exact) mass is 722 g/mol. The number of thioether (sulfide) groups is 1. The second-order valence-corrected chi connectivity index (χ2v) is 13.2. The molecular formula is C37H34N6O8S. The molecule has 2 fully saturated rings. The van der Waals surface area contributed by atoms with Gasteiger partial charge in [0.15, 0.2) is 6.29 Å². The molecule has 2 aliphatic rings. The summed E-state index contributed by atoms with van der Waals surface area (Å²) in [6.45, 7) is -0.0608. The van der Waals surface area contributed by atoms with Crippen molar-refractivity contribution in [1.82, 2.24) is 25.5 Å². The number of imide groups is 1. The molecule has 2 saturated heterocycles. The fraction of sp³-hybridized carbons (Fsp3) is 0.243. The molecule has 2 aliphatic heterocycles. The van der Waals surface area contributed by atoms with Crippen LogP contribution < -0.4 is 10.2 Å². The number of benzene rings is 4. The van der Waals surface area contributed by atoms with Crippen LogP contribution in [0.15, 0.2) is 108 Å². The predicted octanol–water partition coefficient (Wildman–Crippen LogP) is 4.76. The molecule has 4 atom stereocenters. The number of carbonyl (C=O) groups is 3. The summed E-state index contributed by atoms with van der Waals surface area (Å²) < 4.78 is 19.8. The van der Waals surface area contributed by atoms with Crippen LogP contribution >= 0.6 is 11.8 Å². The van der Waals surface area contributed by atoms with Crippen molar-refractivity contribution in [1.29, 1.82) is 0 Å². The van der Waals surface area contributed by atoms with E-state index in [1.807, 2.05) is 54.6 Å². The lowest BCUT2D eigenvalue weighted by atomic mass is 10.0. The Bertz CT molecular complexity index is 2030. The van der Waals surface area contributed by atoms with Crippen LogP contribution in [-0.2, 0) is 37.0 Å².